The van der Waals surface area contributed by atoms with Gasteiger partial charge >= 0.3 is 0 Å². The van der Waals surface area contributed by atoms with E-state index in [9.17, 15) is 8.42 Å². The van der Waals surface area contributed by atoms with Crippen LogP contribution < -0.4 is 10.0 Å². The van der Waals surface area contributed by atoms with E-state index in [4.69, 9.17) is 0 Å². The lowest BCUT2D eigenvalue weighted by Gasteiger charge is -2.10. The predicted octanol–water partition coefficient (Wildman–Crippen LogP) is 2.76. The van der Waals surface area contributed by atoms with Gasteiger partial charge in [0.05, 0.1) is 11.9 Å². The number of thiophene rings is 1. The maximum Gasteiger partial charge on any atom is 0.271 e. The fourth-order valence-electron chi connectivity index (χ4n) is 1.46. The van der Waals surface area contributed by atoms with E-state index in [1.165, 1.54) is 17.5 Å². The molecule has 0 spiro atoms. The highest BCUT2D eigenvalue weighted by Gasteiger charge is 2.15. The first-order valence-electron chi connectivity index (χ1n) is 5.76. The van der Waals surface area contributed by atoms with Crippen molar-refractivity contribution in [1.82, 2.24) is 4.98 Å². The molecule has 19 heavy (non-hydrogen) atoms. The first-order chi connectivity index (χ1) is 8.97. The van der Waals surface area contributed by atoms with E-state index in [0.29, 0.717) is 11.5 Å². The molecule has 0 aliphatic heterocycles. The molecule has 0 aliphatic rings. The zero-order chi connectivity index (χ0) is 13.9. The number of aromatic nitrogens is 1. The Morgan fingerprint density at radius 1 is 1.26 bits per heavy atom. The first-order valence-corrected chi connectivity index (χ1v) is 8.12. The van der Waals surface area contributed by atoms with Gasteiger partial charge in [-0.15, -0.1) is 11.3 Å². The van der Waals surface area contributed by atoms with Gasteiger partial charge in [0.2, 0.25) is 0 Å². The van der Waals surface area contributed by atoms with Gasteiger partial charge in [-0.1, -0.05) is 6.07 Å². The van der Waals surface area contributed by atoms with Crippen LogP contribution in [0.5, 0.6) is 0 Å². The van der Waals surface area contributed by atoms with Crippen LogP contribution in [0.3, 0.4) is 0 Å². The van der Waals surface area contributed by atoms with Crippen molar-refractivity contribution in [2.24, 2.45) is 0 Å². The topological polar surface area (TPSA) is 71.1 Å². The normalized spacial score (nSPS) is 11.5. The minimum absolute atomic E-state index is 0.279. The lowest BCUT2D eigenvalue weighted by atomic mass is 10.3. The Hall–Kier alpha value is -1.60. The van der Waals surface area contributed by atoms with Crippen LogP contribution in [0.4, 0.5) is 11.5 Å². The van der Waals surface area contributed by atoms with Crippen molar-refractivity contribution in [1.29, 1.82) is 0 Å². The van der Waals surface area contributed by atoms with E-state index in [0.717, 1.165) is 0 Å². The first kappa shape index (κ1) is 13.8. The standard InChI is InChI=1S/C12H15N3O2S2/c1-9(2)14-11-6-5-10(8-13-11)15-19(16,17)12-4-3-7-18-12/h3-9,15H,1-2H3,(H,13,14). The van der Waals surface area contributed by atoms with Crippen LogP contribution in [0.15, 0.2) is 40.1 Å². The van der Waals surface area contributed by atoms with Crippen LogP contribution in [-0.4, -0.2) is 19.4 Å². The molecule has 0 aromatic carbocycles. The summed E-state index contributed by atoms with van der Waals surface area (Å²) in [6.07, 6.45) is 1.50. The van der Waals surface area contributed by atoms with E-state index in [-0.39, 0.29) is 10.3 Å². The molecule has 0 bridgehead atoms. The van der Waals surface area contributed by atoms with Crippen LogP contribution in [-0.2, 0) is 10.0 Å². The number of sulfonamides is 1. The molecule has 2 aromatic heterocycles. The third-order valence-corrected chi connectivity index (χ3v) is 4.99. The lowest BCUT2D eigenvalue weighted by Crippen LogP contribution is -2.13. The lowest BCUT2D eigenvalue weighted by molar-refractivity contribution is 0.603. The molecule has 102 valence electrons. The Bertz CT molecular complexity index is 620. The number of rotatable bonds is 5. The number of hydrogen-bond acceptors (Lipinski definition) is 5. The summed E-state index contributed by atoms with van der Waals surface area (Å²) in [5.74, 6) is 0.717. The SMILES string of the molecule is CC(C)Nc1ccc(NS(=O)(=O)c2cccs2)cn1. The van der Waals surface area contributed by atoms with Gasteiger partial charge in [-0.25, -0.2) is 13.4 Å². The summed E-state index contributed by atoms with van der Waals surface area (Å²) in [5, 5.41) is 4.86. The molecular formula is C12H15N3O2S2. The molecule has 7 heteroatoms. The van der Waals surface area contributed by atoms with Crippen molar-refractivity contribution < 1.29 is 8.42 Å². The van der Waals surface area contributed by atoms with Crippen molar-refractivity contribution in [3.05, 3.63) is 35.8 Å². The zero-order valence-corrected chi connectivity index (χ0v) is 12.3. The molecule has 0 atom stereocenters. The fourth-order valence-corrected chi connectivity index (χ4v) is 3.49. The summed E-state index contributed by atoms with van der Waals surface area (Å²) in [6.45, 7) is 4.02. The molecule has 2 rings (SSSR count). The van der Waals surface area contributed by atoms with Crippen LogP contribution in [0, 0.1) is 0 Å². The van der Waals surface area contributed by atoms with Gasteiger partial charge in [-0.2, -0.15) is 0 Å². The second kappa shape index (κ2) is 5.58. The molecule has 5 nitrogen and oxygen atoms in total. The van der Waals surface area contributed by atoms with Gasteiger partial charge in [0.15, 0.2) is 0 Å². The zero-order valence-electron chi connectivity index (χ0n) is 10.6. The van der Waals surface area contributed by atoms with E-state index >= 15 is 0 Å². The number of pyridine rings is 1. The Balaban J connectivity index is 2.12. The third kappa shape index (κ3) is 3.68. The molecule has 0 saturated carbocycles. The summed E-state index contributed by atoms with van der Waals surface area (Å²) in [6, 6.07) is 6.97. The highest BCUT2D eigenvalue weighted by molar-refractivity contribution is 7.94. The molecule has 0 radical (unpaired) electrons. The number of nitrogens with zero attached hydrogens (tertiary/aromatic N) is 1. The second-order valence-electron chi connectivity index (χ2n) is 4.27. The van der Waals surface area contributed by atoms with E-state index < -0.39 is 10.0 Å². The van der Waals surface area contributed by atoms with Crippen LogP contribution in [0.2, 0.25) is 0 Å². The maximum absolute atomic E-state index is 12.0. The molecule has 0 aliphatic carbocycles. The highest BCUT2D eigenvalue weighted by Crippen LogP contribution is 2.20. The summed E-state index contributed by atoms with van der Waals surface area (Å²) >= 11 is 1.18. The summed E-state index contributed by atoms with van der Waals surface area (Å²) < 4.78 is 26.7. The predicted molar refractivity (Wildman–Crippen MR) is 78.1 cm³/mol. The van der Waals surface area contributed by atoms with Gasteiger partial charge < -0.3 is 5.32 Å². The minimum Gasteiger partial charge on any atom is -0.368 e. The third-order valence-electron chi connectivity index (χ3n) is 2.21. The number of hydrogen-bond donors (Lipinski definition) is 2. The average molecular weight is 297 g/mol. The second-order valence-corrected chi connectivity index (χ2v) is 7.13. The highest BCUT2D eigenvalue weighted by atomic mass is 32.2. The number of anilines is 2. The van der Waals surface area contributed by atoms with Gasteiger partial charge in [0.25, 0.3) is 10.0 Å². The Morgan fingerprint density at radius 2 is 2.05 bits per heavy atom. The monoisotopic (exact) mass is 297 g/mol. The molecule has 0 amide bonds. The van der Waals surface area contributed by atoms with E-state index in [2.05, 4.69) is 15.0 Å². The van der Waals surface area contributed by atoms with Crippen molar-refractivity contribution in [2.75, 3.05) is 10.0 Å². The molecule has 0 saturated heterocycles. The maximum atomic E-state index is 12.0. The quantitative estimate of drug-likeness (QED) is 0.890. The Kier molecular flexibility index (Phi) is 4.06. The van der Waals surface area contributed by atoms with Gasteiger partial charge in [0.1, 0.15) is 10.0 Å². The average Bonchev–Trinajstić information content (AvgIpc) is 2.85. The van der Waals surface area contributed by atoms with Crippen molar-refractivity contribution in [2.45, 2.75) is 24.1 Å². The summed E-state index contributed by atoms with van der Waals surface area (Å²) in [7, 11) is -3.50. The molecular weight excluding hydrogens is 282 g/mol. The molecule has 2 heterocycles. The Labute approximate surface area is 116 Å². The van der Waals surface area contributed by atoms with E-state index in [1.54, 1.807) is 29.6 Å². The minimum atomic E-state index is -3.50. The molecule has 0 unspecified atom stereocenters. The van der Waals surface area contributed by atoms with E-state index in [1.807, 2.05) is 13.8 Å². The summed E-state index contributed by atoms with van der Waals surface area (Å²) in [5.41, 5.74) is 0.447. The van der Waals surface area contributed by atoms with Gasteiger partial charge in [0, 0.05) is 6.04 Å². The number of nitrogens with one attached hydrogen (secondary N) is 2. The molecule has 2 N–H and O–H groups in total. The van der Waals surface area contributed by atoms with Crippen LogP contribution >= 0.6 is 11.3 Å². The van der Waals surface area contributed by atoms with Crippen LogP contribution in [0.25, 0.3) is 0 Å². The van der Waals surface area contributed by atoms with Gasteiger partial charge in [-0.05, 0) is 37.4 Å². The fraction of sp³-hybridized carbons (Fsp3) is 0.250. The van der Waals surface area contributed by atoms with Crippen molar-refractivity contribution in [3.8, 4) is 0 Å². The summed E-state index contributed by atoms with van der Waals surface area (Å²) in [4.78, 5) is 4.15. The van der Waals surface area contributed by atoms with Gasteiger partial charge in [-0.3, -0.25) is 4.72 Å². The largest absolute Gasteiger partial charge is 0.368 e. The van der Waals surface area contributed by atoms with Crippen LogP contribution in [0.1, 0.15) is 13.8 Å². The van der Waals surface area contributed by atoms with Crippen molar-refractivity contribution >= 4 is 32.9 Å². The molecule has 0 fully saturated rings. The Morgan fingerprint density at radius 3 is 2.58 bits per heavy atom. The van der Waals surface area contributed by atoms with Crippen molar-refractivity contribution in [3.63, 3.8) is 0 Å². The smallest absolute Gasteiger partial charge is 0.271 e. The molecule has 2 aromatic rings.